The van der Waals surface area contributed by atoms with Crippen LogP contribution < -0.4 is 5.73 Å². The maximum absolute atomic E-state index is 12.2. The quantitative estimate of drug-likeness (QED) is 0.700. The zero-order valence-corrected chi connectivity index (χ0v) is 12.4. The summed E-state index contributed by atoms with van der Waals surface area (Å²) in [4.78, 5) is 21.7. The lowest BCUT2D eigenvalue weighted by atomic mass is 10.0. The number of nitrogens with two attached hydrogens (primary N) is 1. The number of benzene rings is 1. The number of carbonyl (C=O) groups is 2. The molecule has 0 aromatic heterocycles. The van der Waals surface area contributed by atoms with Crippen molar-refractivity contribution in [1.82, 2.24) is 4.31 Å². The number of carbonyl (C=O) groups excluding carboxylic acids is 1. The zero-order valence-electron chi connectivity index (χ0n) is 11.6. The lowest BCUT2D eigenvalue weighted by molar-refractivity contribution is -0.137. The molecule has 0 heterocycles. The highest BCUT2D eigenvalue weighted by molar-refractivity contribution is 7.89. The lowest BCUT2D eigenvalue weighted by Crippen LogP contribution is -2.43. The molecule has 116 valence electrons. The Morgan fingerprint density at radius 2 is 1.81 bits per heavy atom. The third-order valence-corrected chi connectivity index (χ3v) is 4.83. The predicted octanol–water partition coefficient (Wildman–Crippen LogP) is -0.00820. The molecule has 21 heavy (non-hydrogen) atoms. The van der Waals surface area contributed by atoms with Gasteiger partial charge in [-0.3, -0.25) is 9.59 Å². The average Bonchev–Trinajstić information content (AvgIpc) is 2.37. The highest BCUT2D eigenvalue weighted by Crippen LogP contribution is 2.18. The summed E-state index contributed by atoms with van der Waals surface area (Å²) in [5.74, 6) is -2.86. The van der Waals surface area contributed by atoms with Gasteiger partial charge in [-0.15, -0.1) is 0 Å². The van der Waals surface area contributed by atoms with E-state index in [2.05, 4.69) is 0 Å². The molecular weight excluding hydrogens is 296 g/mol. The number of primary amides is 1. The van der Waals surface area contributed by atoms with Crippen molar-refractivity contribution >= 4 is 21.9 Å². The van der Waals surface area contributed by atoms with Crippen LogP contribution in [-0.4, -0.2) is 48.5 Å². The molecule has 0 bridgehead atoms. The van der Waals surface area contributed by atoms with E-state index in [0.29, 0.717) is 4.31 Å². The van der Waals surface area contributed by atoms with Crippen LogP contribution in [0.1, 0.15) is 18.4 Å². The fraction of sp³-hybridized carbons (Fsp3) is 0.385. The normalized spacial score (nSPS) is 13.0. The largest absolute Gasteiger partial charge is 0.480 e. The molecule has 1 atom stereocenters. The molecule has 0 aliphatic heterocycles. The van der Waals surface area contributed by atoms with E-state index in [1.807, 2.05) is 6.07 Å². The third kappa shape index (κ3) is 5.52. The molecule has 8 heteroatoms. The van der Waals surface area contributed by atoms with Gasteiger partial charge in [0.25, 0.3) is 0 Å². The van der Waals surface area contributed by atoms with Gasteiger partial charge < -0.3 is 10.8 Å². The Labute approximate surface area is 123 Å². The Kier molecular flexibility index (Phi) is 5.86. The molecule has 1 unspecified atom stereocenters. The number of carboxylic acid groups (broad SMARTS) is 1. The number of amides is 1. The number of carboxylic acids is 1. The van der Waals surface area contributed by atoms with Crippen LogP contribution in [0.15, 0.2) is 30.3 Å². The second-order valence-corrected chi connectivity index (χ2v) is 6.73. The van der Waals surface area contributed by atoms with E-state index in [1.165, 1.54) is 0 Å². The second-order valence-electron chi connectivity index (χ2n) is 4.72. The summed E-state index contributed by atoms with van der Waals surface area (Å²) in [5.41, 5.74) is 5.78. The highest BCUT2D eigenvalue weighted by Gasteiger charge is 2.28. The third-order valence-electron chi connectivity index (χ3n) is 2.87. The number of rotatable bonds is 8. The fourth-order valence-corrected chi connectivity index (χ4v) is 3.54. The molecule has 0 saturated carbocycles. The Morgan fingerprint density at radius 3 is 2.29 bits per heavy atom. The van der Waals surface area contributed by atoms with Gasteiger partial charge in [-0.1, -0.05) is 37.3 Å². The summed E-state index contributed by atoms with van der Waals surface area (Å²) < 4.78 is 25.1. The molecule has 1 rings (SSSR count). The highest BCUT2D eigenvalue weighted by atomic mass is 32.2. The van der Waals surface area contributed by atoms with Crippen LogP contribution in [0.4, 0.5) is 0 Å². The van der Waals surface area contributed by atoms with Crippen LogP contribution in [0.25, 0.3) is 0 Å². The van der Waals surface area contributed by atoms with Gasteiger partial charge in [0.15, 0.2) is 0 Å². The van der Waals surface area contributed by atoms with Crippen LogP contribution >= 0.6 is 0 Å². The number of nitrogens with zero attached hydrogens (tertiary/aromatic N) is 1. The van der Waals surface area contributed by atoms with Crippen molar-refractivity contribution in [2.24, 2.45) is 5.73 Å². The summed E-state index contributed by atoms with van der Waals surface area (Å²) in [7, 11) is -3.91. The van der Waals surface area contributed by atoms with Crippen molar-refractivity contribution in [2.75, 3.05) is 18.8 Å². The van der Waals surface area contributed by atoms with Gasteiger partial charge in [0.2, 0.25) is 15.9 Å². The number of aliphatic carboxylic acids is 1. The molecule has 7 nitrogen and oxygen atoms in total. The topological polar surface area (TPSA) is 118 Å². The van der Waals surface area contributed by atoms with Gasteiger partial charge in [-0.05, 0) is 11.5 Å². The van der Waals surface area contributed by atoms with E-state index in [4.69, 9.17) is 10.8 Å². The number of hydrogen-bond acceptors (Lipinski definition) is 4. The van der Waals surface area contributed by atoms with Crippen molar-refractivity contribution in [2.45, 2.75) is 12.8 Å². The molecule has 1 aromatic carbocycles. The lowest BCUT2D eigenvalue weighted by Gasteiger charge is -2.21. The van der Waals surface area contributed by atoms with Crippen LogP contribution in [0.5, 0.6) is 0 Å². The average molecular weight is 314 g/mol. The number of sulfonamides is 1. The molecule has 0 radical (unpaired) electrons. The minimum absolute atomic E-state index is 0.294. The fourth-order valence-electron chi connectivity index (χ4n) is 1.88. The maximum Gasteiger partial charge on any atom is 0.318 e. The van der Waals surface area contributed by atoms with E-state index >= 15 is 0 Å². The minimum atomic E-state index is -3.91. The number of hydrogen-bond donors (Lipinski definition) is 2. The van der Waals surface area contributed by atoms with Gasteiger partial charge in [0, 0.05) is 0 Å². The zero-order chi connectivity index (χ0) is 16.0. The Bertz CT molecular complexity index is 584. The van der Waals surface area contributed by atoms with Crippen molar-refractivity contribution in [3.05, 3.63) is 35.9 Å². The van der Waals surface area contributed by atoms with E-state index in [0.717, 1.165) is 5.56 Å². The monoisotopic (exact) mass is 314 g/mol. The van der Waals surface area contributed by atoms with Gasteiger partial charge >= 0.3 is 5.97 Å². The molecule has 1 aromatic rings. The summed E-state index contributed by atoms with van der Waals surface area (Å²) in [6, 6.07) is 8.97. The first-order valence-electron chi connectivity index (χ1n) is 6.25. The van der Waals surface area contributed by atoms with Crippen LogP contribution in [-0.2, 0) is 19.6 Å². The van der Waals surface area contributed by atoms with Gasteiger partial charge in [-0.25, -0.2) is 8.42 Å². The molecule has 0 spiro atoms. The standard InChI is InChI=1S/C13H18N2O5S/c1-10(11-5-3-2-4-6-11)9-21(19,20)15(7-12(14)16)8-13(17)18/h2-6,10H,7-9H2,1H3,(H2,14,16)(H,17,18). The first-order chi connectivity index (χ1) is 9.72. The second kappa shape index (κ2) is 7.19. The Hall–Kier alpha value is -1.93. The van der Waals surface area contributed by atoms with Gasteiger partial charge in [0.1, 0.15) is 6.54 Å². The smallest absolute Gasteiger partial charge is 0.318 e. The molecule has 3 N–H and O–H groups in total. The van der Waals surface area contributed by atoms with E-state index < -0.39 is 35.0 Å². The summed E-state index contributed by atoms with van der Waals surface area (Å²) in [5, 5.41) is 8.75. The molecule has 0 aliphatic rings. The summed E-state index contributed by atoms with van der Waals surface area (Å²) in [6.45, 7) is 0.291. The van der Waals surface area contributed by atoms with Crippen molar-refractivity contribution in [1.29, 1.82) is 0 Å². The van der Waals surface area contributed by atoms with Gasteiger partial charge in [-0.2, -0.15) is 4.31 Å². The van der Waals surface area contributed by atoms with E-state index in [-0.39, 0.29) is 11.7 Å². The maximum atomic E-state index is 12.2. The predicted molar refractivity (Wildman–Crippen MR) is 77.0 cm³/mol. The Balaban J connectivity index is 2.90. The van der Waals surface area contributed by atoms with Crippen LogP contribution in [0.2, 0.25) is 0 Å². The molecule has 0 saturated heterocycles. The Morgan fingerprint density at radius 1 is 1.24 bits per heavy atom. The van der Waals surface area contributed by atoms with Crippen molar-refractivity contribution in [3.8, 4) is 0 Å². The first kappa shape index (κ1) is 17.1. The first-order valence-corrected chi connectivity index (χ1v) is 7.86. The minimum Gasteiger partial charge on any atom is -0.480 e. The van der Waals surface area contributed by atoms with Crippen LogP contribution in [0.3, 0.4) is 0 Å². The summed E-state index contributed by atoms with van der Waals surface area (Å²) in [6.07, 6.45) is 0. The van der Waals surface area contributed by atoms with Gasteiger partial charge in [0.05, 0.1) is 12.3 Å². The van der Waals surface area contributed by atoms with E-state index in [9.17, 15) is 18.0 Å². The van der Waals surface area contributed by atoms with Crippen molar-refractivity contribution in [3.63, 3.8) is 0 Å². The molecular formula is C13H18N2O5S. The summed E-state index contributed by atoms with van der Waals surface area (Å²) >= 11 is 0. The van der Waals surface area contributed by atoms with E-state index in [1.54, 1.807) is 31.2 Å². The molecule has 0 aliphatic carbocycles. The van der Waals surface area contributed by atoms with Crippen molar-refractivity contribution < 1.29 is 23.1 Å². The SMILES string of the molecule is CC(CS(=O)(=O)N(CC(N)=O)CC(=O)O)c1ccccc1. The van der Waals surface area contributed by atoms with Crippen LogP contribution in [0, 0.1) is 0 Å². The molecule has 1 amide bonds. The molecule has 0 fully saturated rings.